The molecule has 3 heterocycles. The van der Waals surface area contributed by atoms with E-state index in [0.717, 1.165) is 22.2 Å². The van der Waals surface area contributed by atoms with E-state index >= 15 is 0 Å². The first-order valence-electron chi connectivity index (χ1n) is 8.25. The lowest BCUT2D eigenvalue weighted by molar-refractivity contribution is 0.131. The van der Waals surface area contributed by atoms with Gasteiger partial charge in [-0.3, -0.25) is 4.98 Å². The normalized spacial score (nSPS) is 11.3. The number of fused-ring (bicyclic) bond motifs is 3. The number of hydrogen-bond acceptors (Lipinski definition) is 6. The molecule has 4 aromatic rings. The number of aromatic nitrogens is 4. The number of hydrogen-bond donors (Lipinski definition) is 0. The third kappa shape index (κ3) is 3.48. The summed E-state index contributed by atoms with van der Waals surface area (Å²) in [5, 5.41) is 19.3. The highest BCUT2D eigenvalue weighted by atomic mass is 35.5. The van der Waals surface area contributed by atoms with Crippen LogP contribution in [0, 0.1) is 11.3 Å². The van der Waals surface area contributed by atoms with Crippen LogP contribution < -0.4 is 0 Å². The number of nitrogens with zero attached hydrogens (tertiary/aromatic N) is 6. The second-order valence-corrected chi connectivity index (χ2v) is 6.70. The molecule has 4 rings (SSSR count). The van der Waals surface area contributed by atoms with Gasteiger partial charge in [-0.2, -0.15) is 10.4 Å². The van der Waals surface area contributed by atoms with Crippen molar-refractivity contribution in [3.63, 3.8) is 0 Å². The molecular formula is C19H12Cl2N6O. The highest BCUT2D eigenvalue weighted by Gasteiger charge is 2.10. The Hall–Kier alpha value is -3.21. The van der Waals surface area contributed by atoms with Gasteiger partial charge in [-0.25, -0.2) is 9.50 Å². The Balaban J connectivity index is 1.50. The Morgan fingerprint density at radius 1 is 1.21 bits per heavy atom. The Bertz CT molecular complexity index is 1240. The molecule has 0 saturated carbocycles. The number of rotatable bonds is 5. The van der Waals surface area contributed by atoms with Crippen molar-refractivity contribution in [3.8, 4) is 6.07 Å². The van der Waals surface area contributed by atoms with Gasteiger partial charge in [0.1, 0.15) is 18.2 Å². The van der Waals surface area contributed by atoms with Gasteiger partial charge < -0.3 is 4.84 Å². The van der Waals surface area contributed by atoms with Crippen molar-refractivity contribution < 1.29 is 4.84 Å². The van der Waals surface area contributed by atoms with E-state index in [1.54, 1.807) is 41.3 Å². The van der Waals surface area contributed by atoms with Crippen molar-refractivity contribution in [1.29, 1.82) is 5.26 Å². The van der Waals surface area contributed by atoms with E-state index in [2.05, 4.69) is 26.3 Å². The van der Waals surface area contributed by atoms with Crippen LogP contribution in [0.15, 0.2) is 48.0 Å². The lowest BCUT2D eigenvalue weighted by Crippen LogP contribution is -1.99. The summed E-state index contributed by atoms with van der Waals surface area (Å²) in [6.07, 6.45) is 6.95. The molecule has 0 bridgehead atoms. The molecule has 0 aliphatic rings. The van der Waals surface area contributed by atoms with Gasteiger partial charge in [-0.05, 0) is 18.2 Å². The smallest absolute Gasteiger partial charge is 0.173 e. The van der Waals surface area contributed by atoms with Crippen molar-refractivity contribution in [2.75, 3.05) is 0 Å². The molecule has 138 valence electrons. The summed E-state index contributed by atoms with van der Waals surface area (Å²) in [6, 6.07) is 9.11. The second-order valence-electron chi connectivity index (χ2n) is 5.86. The zero-order valence-corrected chi connectivity index (χ0v) is 15.9. The molecule has 1 aromatic carbocycles. The van der Waals surface area contributed by atoms with Crippen molar-refractivity contribution in [2.24, 2.45) is 5.16 Å². The zero-order chi connectivity index (χ0) is 19.5. The average molecular weight is 411 g/mol. The van der Waals surface area contributed by atoms with Gasteiger partial charge in [0.15, 0.2) is 5.65 Å². The van der Waals surface area contributed by atoms with Crippen LogP contribution in [-0.4, -0.2) is 25.8 Å². The quantitative estimate of drug-likeness (QED) is 0.363. The molecule has 0 fully saturated rings. The van der Waals surface area contributed by atoms with Gasteiger partial charge in [0.2, 0.25) is 0 Å². The van der Waals surface area contributed by atoms with Crippen LogP contribution >= 0.6 is 23.2 Å². The molecule has 0 atom stereocenters. The summed E-state index contributed by atoms with van der Waals surface area (Å²) in [5.41, 5.74) is 3.33. The molecule has 0 aliphatic heterocycles. The van der Waals surface area contributed by atoms with Crippen LogP contribution in [0.3, 0.4) is 0 Å². The van der Waals surface area contributed by atoms with Crippen molar-refractivity contribution >= 4 is 46.0 Å². The van der Waals surface area contributed by atoms with E-state index < -0.39 is 0 Å². The van der Waals surface area contributed by atoms with Crippen LogP contribution in [-0.2, 0) is 17.9 Å². The minimum absolute atomic E-state index is 0.238. The maximum atomic E-state index is 9.13. The fraction of sp³-hybridized carbons (Fsp3) is 0.105. The fourth-order valence-electron chi connectivity index (χ4n) is 2.76. The summed E-state index contributed by atoms with van der Waals surface area (Å²) in [7, 11) is 0. The van der Waals surface area contributed by atoms with Gasteiger partial charge in [-0.1, -0.05) is 34.4 Å². The summed E-state index contributed by atoms with van der Waals surface area (Å²) in [5.74, 6) is 0. The van der Waals surface area contributed by atoms with Crippen LogP contribution in [0.5, 0.6) is 0 Å². The number of nitriles is 1. The molecule has 0 aliphatic carbocycles. The van der Waals surface area contributed by atoms with Gasteiger partial charge in [0.05, 0.1) is 17.4 Å². The number of oxime groups is 1. The molecule has 28 heavy (non-hydrogen) atoms. The molecule has 0 amide bonds. The maximum Gasteiger partial charge on any atom is 0.173 e. The SMILES string of the molecule is N#Cc1cnn2c1ncc1c(C/C=N\OCc3ccc(Cl)cc3Cl)nccc12. The number of pyridine rings is 1. The highest BCUT2D eigenvalue weighted by molar-refractivity contribution is 6.35. The average Bonchev–Trinajstić information content (AvgIpc) is 3.13. The summed E-state index contributed by atoms with van der Waals surface area (Å²) in [6.45, 7) is 0.238. The van der Waals surface area contributed by atoms with Crippen molar-refractivity contribution in [2.45, 2.75) is 13.0 Å². The van der Waals surface area contributed by atoms with E-state index in [1.807, 2.05) is 6.07 Å². The van der Waals surface area contributed by atoms with E-state index in [4.69, 9.17) is 33.3 Å². The van der Waals surface area contributed by atoms with Crippen LogP contribution in [0.1, 0.15) is 16.8 Å². The van der Waals surface area contributed by atoms with Crippen LogP contribution in [0.2, 0.25) is 10.0 Å². The molecule has 0 radical (unpaired) electrons. The Morgan fingerprint density at radius 2 is 2.11 bits per heavy atom. The largest absolute Gasteiger partial charge is 0.391 e. The Morgan fingerprint density at radius 3 is 2.93 bits per heavy atom. The lowest BCUT2D eigenvalue weighted by atomic mass is 10.2. The third-order valence-electron chi connectivity index (χ3n) is 4.13. The summed E-state index contributed by atoms with van der Waals surface area (Å²) in [4.78, 5) is 14.0. The molecule has 0 saturated heterocycles. The van der Waals surface area contributed by atoms with Crippen LogP contribution in [0.25, 0.3) is 16.6 Å². The van der Waals surface area contributed by atoms with Gasteiger partial charge >= 0.3 is 0 Å². The summed E-state index contributed by atoms with van der Waals surface area (Å²) >= 11 is 12.0. The first-order chi connectivity index (χ1) is 13.7. The minimum Gasteiger partial charge on any atom is -0.391 e. The van der Waals surface area contributed by atoms with Crippen LogP contribution in [0.4, 0.5) is 0 Å². The molecule has 9 heteroatoms. The van der Waals surface area contributed by atoms with Gasteiger partial charge in [-0.15, -0.1) is 0 Å². The highest BCUT2D eigenvalue weighted by Crippen LogP contribution is 2.22. The number of halogens is 2. The standard InChI is InChI=1S/C19H12Cl2N6O/c20-14-2-1-12(16(21)7-14)11-28-26-6-3-17-15-10-24-19-13(8-22)9-25-27(19)18(15)4-5-23-17/h1-2,4-7,9-10H,3,11H2/b26-6-. The van der Waals surface area contributed by atoms with Gasteiger partial charge in [0.25, 0.3) is 0 Å². The monoisotopic (exact) mass is 410 g/mol. The fourth-order valence-corrected chi connectivity index (χ4v) is 3.23. The number of benzene rings is 1. The van der Waals surface area contributed by atoms with Crippen molar-refractivity contribution in [3.05, 3.63) is 69.7 Å². The topological polar surface area (TPSA) is 88.5 Å². The first-order valence-corrected chi connectivity index (χ1v) is 9.01. The molecule has 3 aromatic heterocycles. The Labute approximate surface area is 169 Å². The molecular weight excluding hydrogens is 399 g/mol. The lowest BCUT2D eigenvalue weighted by Gasteiger charge is -2.05. The van der Waals surface area contributed by atoms with E-state index in [1.165, 1.54) is 6.20 Å². The van der Waals surface area contributed by atoms with E-state index in [0.29, 0.717) is 27.7 Å². The van der Waals surface area contributed by atoms with E-state index in [-0.39, 0.29) is 6.61 Å². The predicted octanol–water partition coefficient (Wildman–Crippen LogP) is 4.20. The molecule has 0 N–H and O–H groups in total. The maximum absolute atomic E-state index is 9.13. The second kappa shape index (κ2) is 7.80. The minimum atomic E-state index is 0.238. The molecule has 7 nitrogen and oxygen atoms in total. The van der Waals surface area contributed by atoms with Gasteiger partial charge in [0, 0.05) is 46.0 Å². The Kier molecular flexibility index (Phi) is 5.06. The third-order valence-corrected chi connectivity index (χ3v) is 4.71. The first kappa shape index (κ1) is 18.2. The van der Waals surface area contributed by atoms with E-state index in [9.17, 15) is 0 Å². The predicted molar refractivity (Wildman–Crippen MR) is 106 cm³/mol. The molecule has 0 spiro atoms. The summed E-state index contributed by atoms with van der Waals surface area (Å²) < 4.78 is 1.63. The molecule has 0 unspecified atom stereocenters. The zero-order valence-electron chi connectivity index (χ0n) is 14.4. The van der Waals surface area contributed by atoms with Crippen molar-refractivity contribution in [1.82, 2.24) is 19.6 Å².